The van der Waals surface area contributed by atoms with Crippen molar-refractivity contribution in [1.29, 1.82) is 0 Å². The van der Waals surface area contributed by atoms with E-state index in [1.807, 2.05) is 6.92 Å². The summed E-state index contributed by atoms with van der Waals surface area (Å²) >= 11 is 0. The Hall–Kier alpha value is -0.120. The molecule has 1 N–H and O–H groups in total. The first-order valence-electron chi connectivity index (χ1n) is 3.74. The highest BCUT2D eigenvalue weighted by Gasteiger charge is 2.19. The van der Waals surface area contributed by atoms with Crippen molar-refractivity contribution >= 4 is 0 Å². The Morgan fingerprint density at radius 2 is 2.40 bits per heavy atom. The third kappa shape index (κ3) is 2.25. The highest BCUT2D eigenvalue weighted by Crippen LogP contribution is 2.13. The average molecular weight is 146 g/mol. The molecule has 0 amide bonds. The van der Waals surface area contributed by atoms with E-state index in [-0.39, 0.29) is 12.4 Å². The number of ether oxygens (including phenoxy) is 2. The van der Waals surface area contributed by atoms with Gasteiger partial charge in [0.1, 0.15) is 0 Å². The van der Waals surface area contributed by atoms with Crippen molar-refractivity contribution in [2.45, 2.75) is 32.2 Å². The highest BCUT2D eigenvalue weighted by atomic mass is 16.7. The Bertz CT molecular complexity index is 86.9. The van der Waals surface area contributed by atoms with E-state index in [4.69, 9.17) is 14.6 Å². The van der Waals surface area contributed by atoms with Crippen LogP contribution in [0.3, 0.4) is 0 Å². The molecule has 0 bridgehead atoms. The summed E-state index contributed by atoms with van der Waals surface area (Å²) in [5.41, 5.74) is 0. The second-order valence-corrected chi connectivity index (χ2v) is 2.45. The molecule has 0 aromatic rings. The van der Waals surface area contributed by atoms with Gasteiger partial charge in [-0.15, -0.1) is 0 Å². The zero-order chi connectivity index (χ0) is 7.40. The second kappa shape index (κ2) is 3.91. The second-order valence-electron chi connectivity index (χ2n) is 2.45. The molecule has 0 radical (unpaired) electrons. The van der Waals surface area contributed by atoms with Gasteiger partial charge in [-0.2, -0.15) is 0 Å². The van der Waals surface area contributed by atoms with Crippen LogP contribution in [0.2, 0.25) is 0 Å². The highest BCUT2D eigenvalue weighted by molar-refractivity contribution is 4.62. The first kappa shape index (κ1) is 7.98. The maximum Gasteiger partial charge on any atom is 0.157 e. The first-order chi connectivity index (χ1) is 4.83. The van der Waals surface area contributed by atoms with Crippen LogP contribution in [0.25, 0.3) is 0 Å². The van der Waals surface area contributed by atoms with Crippen LogP contribution in [0.15, 0.2) is 0 Å². The van der Waals surface area contributed by atoms with Crippen LogP contribution < -0.4 is 0 Å². The molecule has 1 heterocycles. The molecule has 2 atom stereocenters. The van der Waals surface area contributed by atoms with Gasteiger partial charge < -0.3 is 14.6 Å². The zero-order valence-electron chi connectivity index (χ0n) is 6.25. The molecule has 0 spiro atoms. The van der Waals surface area contributed by atoms with E-state index in [1.54, 1.807) is 0 Å². The Labute approximate surface area is 60.9 Å². The molecule has 0 aromatic heterocycles. The lowest BCUT2D eigenvalue weighted by atomic mass is 10.1. The van der Waals surface area contributed by atoms with Gasteiger partial charge in [-0.05, 0) is 13.3 Å². The SMILES string of the molecule is CCO[C@@H]1CC[C@H](O)CO1. The molecule has 1 aliphatic heterocycles. The lowest BCUT2D eigenvalue weighted by Crippen LogP contribution is -2.30. The van der Waals surface area contributed by atoms with Crippen LogP contribution in [0.5, 0.6) is 0 Å². The van der Waals surface area contributed by atoms with Gasteiger partial charge in [0.25, 0.3) is 0 Å². The van der Waals surface area contributed by atoms with Crippen molar-refractivity contribution in [3.8, 4) is 0 Å². The van der Waals surface area contributed by atoms with Gasteiger partial charge in [0.2, 0.25) is 0 Å². The fraction of sp³-hybridized carbons (Fsp3) is 1.00. The molecule has 10 heavy (non-hydrogen) atoms. The quantitative estimate of drug-likeness (QED) is 0.617. The molecule has 1 rings (SSSR count). The van der Waals surface area contributed by atoms with E-state index in [0.717, 1.165) is 12.8 Å². The third-order valence-electron chi connectivity index (χ3n) is 1.56. The number of rotatable bonds is 2. The van der Waals surface area contributed by atoms with Crippen LogP contribution in [0, 0.1) is 0 Å². The molecule has 1 saturated heterocycles. The smallest absolute Gasteiger partial charge is 0.157 e. The molecular formula is C7H14O3. The van der Waals surface area contributed by atoms with Crippen molar-refractivity contribution in [2.24, 2.45) is 0 Å². The average Bonchev–Trinajstić information content (AvgIpc) is 1.95. The van der Waals surface area contributed by atoms with Gasteiger partial charge in [-0.1, -0.05) is 0 Å². The standard InChI is InChI=1S/C7H14O3/c1-2-9-7-4-3-6(8)5-10-7/h6-8H,2-5H2,1H3/t6-,7-/m0/s1. The number of hydrogen-bond donors (Lipinski definition) is 1. The third-order valence-corrected chi connectivity index (χ3v) is 1.56. The maximum absolute atomic E-state index is 9.01. The fourth-order valence-corrected chi connectivity index (χ4v) is 1.03. The zero-order valence-corrected chi connectivity index (χ0v) is 6.25. The summed E-state index contributed by atoms with van der Waals surface area (Å²) in [6, 6.07) is 0. The molecule has 60 valence electrons. The number of aliphatic hydroxyl groups excluding tert-OH is 1. The van der Waals surface area contributed by atoms with Gasteiger partial charge in [0.05, 0.1) is 12.7 Å². The summed E-state index contributed by atoms with van der Waals surface area (Å²) in [6.07, 6.45) is 1.25. The molecule has 3 nitrogen and oxygen atoms in total. The number of aliphatic hydroxyl groups is 1. The van der Waals surface area contributed by atoms with Crippen molar-refractivity contribution in [1.82, 2.24) is 0 Å². The molecule has 0 aliphatic carbocycles. The van der Waals surface area contributed by atoms with Crippen LogP contribution in [-0.4, -0.2) is 30.7 Å². The largest absolute Gasteiger partial charge is 0.391 e. The molecule has 1 aliphatic rings. The van der Waals surface area contributed by atoms with E-state index in [1.165, 1.54) is 0 Å². The van der Waals surface area contributed by atoms with E-state index in [9.17, 15) is 0 Å². The predicted molar refractivity (Wildman–Crippen MR) is 36.6 cm³/mol. The molecule has 0 saturated carbocycles. The van der Waals surface area contributed by atoms with Crippen molar-refractivity contribution in [3.63, 3.8) is 0 Å². The van der Waals surface area contributed by atoms with Crippen LogP contribution >= 0.6 is 0 Å². The first-order valence-corrected chi connectivity index (χ1v) is 3.74. The van der Waals surface area contributed by atoms with Crippen LogP contribution in [0.1, 0.15) is 19.8 Å². The summed E-state index contributed by atoms with van der Waals surface area (Å²) in [5.74, 6) is 0. The normalized spacial score (nSPS) is 34.2. The number of hydrogen-bond acceptors (Lipinski definition) is 3. The van der Waals surface area contributed by atoms with Gasteiger partial charge in [-0.25, -0.2) is 0 Å². The molecule has 0 aromatic carbocycles. The minimum Gasteiger partial charge on any atom is -0.391 e. The summed E-state index contributed by atoms with van der Waals surface area (Å²) in [7, 11) is 0. The Kier molecular flexibility index (Phi) is 3.12. The van der Waals surface area contributed by atoms with Crippen molar-refractivity contribution in [2.75, 3.05) is 13.2 Å². The maximum atomic E-state index is 9.01. The molecular weight excluding hydrogens is 132 g/mol. The molecule has 1 fully saturated rings. The van der Waals surface area contributed by atoms with Gasteiger partial charge in [0.15, 0.2) is 6.29 Å². The van der Waals surface area contributed by atoms with Gasteiger partial charge in [0, 0.05) is 13.0 Å². The van der Waals surface area contributed by atoms with Crippen LogP contribution in [-0.2, 0) is 9.47 Å². The van der Waals surface area contributed by atoms with Crippen LogP contribution in [0.4, 0.5) is 0 Å². The Balaban J connectivity index is 2.13. The summed E-state index contributed by atoms with van der Waals surface area (Å²) in [4.78, 5) is 0. The topological polar surface area (TPSA) is 38.7 Å². The fourth-order valence-electron chi connectivity index (χ4n) is 1.03. The van der Waals surface area contributed by atoms with Crippen molar-refractivity contribution in [3.05, 3.63) is 0 Å². The lowest BCUT2D eigenvalue weighted by Gasteiger charge is -2.25. The van der Waals surface area contributed by atoms with Gasteiger partial charge >= 0.3 is 0 Å². The van der Waals surface area contributed by atoms with Crippen molar-refractivity contribution < 1.29 is 14.6 Å². The lowest BCUT2D eigenvalue weighted by molar-refractivity contribution is -0.184. The minimum atomic E-state index is -0.281. The summed E-state index contributed by atoms with van der Waals surface area (Å²) < 4.78 is 10.4. The van der Waals surface area contributed by atoms with Gasteiger partial charge in [-0.3, -0.25) is 0 Å². The predicted octanol–water partition coefficient (Wildman–Crippen LogP) is 0.520. The Morgan fingerprint density at radius 1 is 1.60 bits per heavy atom. The molecule has 3 heteroatoms. The van der Waals surface area contributed by atoms with E-state index in [2.05, 4.69) is 0 Å². The van der Waals surface area contributed by atoms with E-state index in [0.29, 0.717) is 13.2 Å². The monoisotopic (exact) mass is 146 g/mol. The van der Waals surface area contributed by atoms with E-state index < -0.39 is 0 Å². The van der Waals surface area contributed by atoms with E-state index >= 15 is 0 Å². The Morgan fingerprint density at radius 3 is 2.90 bits per heavy atom. The molecule has 0 unspecified atom stereocenters. The minimum absolute atomic E-state index is 0.0756. The summed E-state index contributed by atoms with van der Waals surface area (Å²) in [6.45, 7) is 3.04. The summed E-state index contributed by atoms with van der Waals surface area (Å²) in [5, 5.41) is 9.01.